The maximum absolute atomic E-state index is 11.4. The minimum atomic E-state index is -0.250. The Morgan fingerprint density at radius 1 is 1.50 bits per heavy atom. The van der Waals surface area contributed by atoms with Crippen molar-refractivity contribution in [3.8, 4) is 5.75 Å². The van der Waals surface area contributed by atoms with Gasteiger partial charge in [-0.15, -0.1) is 0 Å². The first-order chi connectivity index (χ1) is 7.68. The van der Waals surface area contributed by atoms with Crippen LogP contribution in [0, 0.1) is 0 Å². The Kier molecular flexibility index (Phi) is 5.50. The van der Waals surface area contributed by atoms with E-state index in [-0.39, 0.29) is 12.1 Å². The highest BCUT2D eigenvalue weighted by atomic mass is 16.5. The molecule has 0 aliphatic rings. The van der Waals surface area contributed by atoms with Crippen LogP contribution in [0.15, 0.2) is 24.5 Å². The standard InChI is InChI=1S/C12H17NO3/c1-10(2)15-8-4-6-12(14)16-11-5-3-7-13-9-11/h3,5,7,9-10H,4,6,8H2,1-2H3. The Morgan fingerprint density at radius 2 is 2.31 bits per heavy atom. The zero-order chi connectivity index (χ0) is 11.8. The van der Waals surface area contributed by atoms with Gasteiger partial charge in [0.05, 0.1) is 12.3 Å². The van der Waals surface area contributed by atoms with Crippen molar-refractivity contribution in [1.29, 1.82) is 0 Å². The highest BCUT2D eigenvalue weighted by Gasteiger charge is 2.04. The van der Waals surface area contributed by atoms with E-state index >= 15 is 0 Å². The van der Waals surface area contributed by atoms with E-state index in [0.29, 0.717) is 25.2 Å². The number of carbonyl (C=O) groups is 1. The van der Waals surface area contributed by atoms with Gasteiger partial charge >= 0.3 is 5.97 Å². The largest absolute Gasteiger partial charge is 0.425 e. The first-order valence-electron chi connectivity index (χ1n) is 5.41. The van der Waals surface area contributed by atoms with Gasteiger partial charge in [-0.3, -0.25) is 9.78 Å². The Hall–Kier alpha value is -1.42. The molecule has 0 saturated heterocycles. The number of pyridine rings is 1. The number of nitrogens with zero attached hydrogens (tertiary/aromatic N) is 1. The number of esters is 1. The van der Waals surface area contributed by atoms with Gasteiger partial charge in [0.2, 0.25) is 0 Å². The molecule has 0 unspecified atom stereocenters. The number of hydrogen-bond acceptors (Lipinski definition) is 4. The molecule has 16 heavy (non-hydrogen) atoms. The van der Waals surface area contributed by atoms with Crippen LogP contribution in [-0.2, 0) is 9.53 Å². The number of hydrogen-bond donors (Lipinski definition) is 0. The smallest absolute Gasteiger partial charge is 0.311 e. The molecule has 4 nitrogen and oxygen atoms in total. The Morgan fingerprint density at radius 3 is 2.94 bits per heavy atom. The molecule has 0 radical (unpaired) electrons. The molecule has 1 rings (SSSR count). The summed E-state index contributed by atoms with van der Waals surface area (Å²) in [6.07, 6.45) is 4.39. The zero-order valence-electron chi connectivity index (χ0n) is 9.68. The Labute approximate surface area is 95.6 Å². The maximum Gasteiger partial charge on any atom is 0.311 e. The first kappa shape index (κ1) is 12.6. The van der Waals surface area contributed by atoms with Gasteiger partial charge in [-0.1, -0.05) is 0 Å². The van der Waals surface area contributed by atoms with E-state index in [9.17, 15) is 4.79 Å². The average molecular weight is 223 g/mol. The molecule has 0 spiro atoms. The van der Waals surface area contributed by atoms with Gasteiger partial charge in [0.1, 0.15) is 5.75 Å². The molecule has 1 heterocycles. The van der Waals surface area contributed by atoms with Crippen molar-refractivity contribution in [3.05, 3.63) is 24.5 Å². The molecule has 1 aromatic heterocycles. The van der Waals surface area contributed by atoms with E-state index in [1.54, 1.807) is 18.3 Å². The Balaban J connectivity index is 2.17. The van der Waals surface area contributed by atoms with Crippen LogP contribution >= 0.6 is 0 Å². The lowest BCUT2D eigenvalue weighted by Crippen LogP contribution is -2.10. The highest BCUT2D eigenvalue weighted by molar-refractivity contribution is 5.72. The summed E-state index contributed by atoms with van der Waals surface area (Å²) in [6, 6.07) is 3.43. The Bertz CT molecular complexity index is 311. The monoisotopic (exact) mass is 223 g/mol. The van der Waals surface area contributed by atoms with Gasteiger partial charge < -0.3 is 9.47 Å². The van der Waals surface area contributed by atoms with E-state index in [2.05, 4.69) is 4.98 Å². The van der Waals surface area contributed by atoms with Crippen LogP contribution in [0.25, 0.3) is 0 Å². The minimum absolute atomic E-state index is 0.203. The minimum Gasteiger partial charge on any atom is -0.425 e. The lowest BCUT2D eigenvalue weighted by Gasteiger charge is -2.07. The van der Waals surface area contributed by atoms with E-state index in [0.717, 1.165) is 0 Å². The molecule has 0 N–H and O–H groups in total. The van der Waals surface area contributed by atoms with Crippen LogP contribution in [0.1, 0.15) is 26.7 Å². The molecule has 0 bridgehead atoms. The fraction of sp³-hybridized carbons (Fsp3) is 0.500. The van der Waals surface area contributed by atoms with Gasteiger partial charge in [0, 0.05) is 19.2 Å². The van der Waals surface area contributed by atoms with Crippen LogP contribution in [0.4, 0.5) is 0 Å². The number of ether oxygens (including phenoxy) is 2. The predicted octanol–water partition coefficient (Wildman–Crippen LogP) is 2.19. The van der Waals surface area contributed by atoms with Gasteiger partial charge in [0.15, 0.2) is 0 Å². The third-order valence-electron chi connectivity index (χ3n) is 1.84. The van der Waals surface area contributed by atoms with E-state index in [1.165, 1.54) is 6.20 Å². The third-order valence-corrected chi connectivity index (χ3v) is 1.84. The predicted molar refractivity (Wildman–Crippen MR) is 60.2 cm³/mol. The quantitative estimate of drug-likeness (QED) is 0.548. The summed E-state index contributed by atoms with van der Waals surface area (Å²) in [5.74, 6) is 0.234. The topological polar surface area (TPSA) is 48.4 Å². The third kappa shape index (κ3) is 5.46. The molecule has 0 amide bonds. The van der Waals surface area contributed by atoms with Crippen molar-refractivity contribution >= 4 is 5.97 Å². The highest BCUT2D eigenvalue weighted by Crippen LogP contribution is 2.07. The summed E-state index contributed by atoms with van der Waals surface area (Å²) in [5, 5.41) is 0. The first-order valence-corrected chi connectivity index (χ1v) is 5.41. The maximum atomic E-state index is 11.4. The molecular formula is C12H17NO3. The van der Waals surface area contributed by atoms with Crippen molar-refractivity contribution in [2.24, 2.45) is 0 Å². The summed E-state index contributed by atoms with van der Waals surface area (Å²) in [5.41, 5.74) is 0. The van der Waals surface area contributed by atoms with Gasteiger partial charge in [-0.25, -0.2) is 0 Å². The van der Waals surface area contributed by atoms with E-state index in [4.69, 9.17) is 9.47 Å². The van der Waals surface area contributed by atoms with Crippen LogP contribution in [0.5, 0.6) is 5.75 Å². The molecular weight excluding hydrogens is 206 g/mol. The normalized spacial score (nSPS) is 10.4. The van der Waals surface area contributed by atoms with Crippen LogP contribution in [-0.4, -0.2) is 23.7 Å². The summed E-state index contributed by atoms with van der Waals surface area (Å²) in [7, 11) is 0. The van der Waals surface area contributed by atoms with Crippen molar-refractivity contribution < 1.29 is 14.3 Å². The van der Waals surface area contributed by atoms with Crippen molar-refractivity contribution in [2.45, 2.75) is 32.8 Å². The van der Waals surface area contributed by atoms with Crippen molar-refractivity contribution in [1.82, 2.24) is 4.98 Å². The zero-order valence-corrected chi connectivity index (χ0v) is 9.68. The second-order valence-electron chi connectivity index (χ2n) is 3.69. The van der Waals surface area contributed by atoms with Crippen LogP contribution < -0.4 is 4.74 Å². The number of rotatable bonds is 6. The summed E-state index contributed by atoms with van der Waals surface area (Å²) >= 11 is 0. The summed E-state index contributed by atoms with van der Waals surface area (Å²) in [6.45, 7) is 4.52. The molecule has 4 heteroatoms. The molecule has 0 aromatic carbocycles. The lowest BCUT2D eigenvalue weighted by atomic mass is 10.3. The fourth-order valence-corrected chi connectivity index (χ4v) is 1.13. The second kappa shape index (κ2) is 6.95. The van der Waals surface area contributed by atoms with Crippen LogP contribution in [0.2, 0.25) is 0 Å². The summed E-state index contributed by atoms with van der Waals surface area (Å²) in [4.78, 5) is 15.2. The number of carbonyl (C=O) groups excluding carboxylic acids is 1. The summed E-state index contributed by atoms with van der Waals surface area (Å²) < 4.78 is 10.4. The van der Waals surface area contributed by atoms with Gasteiger partial charge in [-0.05, 0) is 32.4 Å². The molecule has 88 valence electrons. The van der Waals surface area contributed by atoms with Crippen LogP contribution in [0.3, 0.4) is 0 Å². The molecule has 0 saturated carbocycles. The number of aromatic nitrogens is 1. The van der Waals surface area contributed by atoms with E-state index in [1.807, 2.05) is 13.8 Å². The SMILES string of the molecule is CC(C)OCCCC(=O)Oc1cccnc1. The molecule has 0 aliphatic carbocycles. The van der Waals surface area contributed by atoms with E-state index < -0.39 is 0 Å². The molecule has 0 fully saturated rings. The molecule has 0 aliphatic heterocycles. The fourth-order valence-electron chi connectivity index (χ4n) is 1.13. The van der Waals surface area contributed by atoms with Gasteiger partial charge in [-0.2, -0.15) is 0 Å². The second-order valence-corrected chi connectivity index (χ2v) is 3.69. The average Bonchev–Trinajstić information content (AvgIpc) is 2.25. The molecule has 0 atom stereocenters. The van der Waals surface area contributed by atoms with Crippen molar-refractivity contribution in [3.63, 3.8) is 0 Å². The van der Waals surface area contributed by atoms with Gasteiger partial charge in [0.25, 0.3) is 0 Å². The molecule has 1 aromatic rings. The van der Waals surface area contributed by atoms with Crippen molar-refractivity contribution in [2.75, 3.05) is 6.61 Å². The lowest BCUT2D eigenvalue weighted by molar-refractivity contribution is -0.134.